The molecule has 3 aliphatic rings. The van der Waals surface area contributed by atoms with E-state index in [4.69, 9.17) is 9.15 Å². The van der Waals surface area contributed by atoms with Gasteiger partial charge in [0.25, 0.3) is 0 Å². The lowest BCUT2D eigenvalue weighted by Crippen LogP contribution is -2.54. The molecule has 1 aromatic rings. The van der Waals surface area contributed by atoms with Crippen molar-refractivity contribution in [1.29, 1.82) is 0 Å². The average molecular weight is 340 g/mol. The summed E-state index contributed by atoms with van der Waals surface area (Å²) in [5.41, 5.74) is 1.17. The van der Waals surface area contributed by atoms with Crippen LogP contribution in [0.3, 0.4) is 0 Å². The highest BCUT2D eigenvalue weighted by Gasteiger charge is 2.46. The van der Waals surface area contributed by atoms with Crippen LogP contribution in [0.5, 0.6) is 0 Å². The summed E-state index contributed by atoms with van der Waals surface area (Å²) < 4.78 is 38.2. The van der Waals surface area contributed by atoms with Gasteiger partial charge in [-0.05, 0) is 31.7 Å². The van der Waals surface area contributed by atoms with Crippen LogP contribution in [-0.2, 0) is 21.3 Å². The molecule has 7 heteroatoms. The van der Waals surface area contributed by atoms with Crippen molar-refractivity contribution < 1.29 is 17.6 Å². The maximum absolute atomic E-state index is 12.7. The van der Waals surface area contributed by atoms with Gasteiger partial charge in [-0.1, -0.05) is 0 Å². The highest BCUT2D eigenvalue weighted by atomic mass is 32.2. The lowest BCUT2D eigenvalue weighted by Gasteiger charge is -2.39. The van der Waals surface area contributed by atoms with E-state index in [1.807, 2.05) is 6.07 Å². The minimum absolute atomic E-state index is 0.00343. The number of sulfonamides is 1. The van der Waals surface area contributed by atoms with Crippen LogP contribution in [0.25, 0.3) is 0 Å². The summed E-state index contributed by atoms with van der Waals surface area (Å²) in [6, 6.07) is 1.99. The second-order valence-corrected chi connectivity index (χ2v) is 8.98. The lowest BCUT2D eigenvalue weighted by molar-refractivity contribution is -0.0409. The fraction of sp³-hybridized carbons (Fsp3) is 0.750. The Hall–Kier alpha value is -0.890. The van der Waals surface area contributed by atoms with Crippen molar-refractivity contribution in [3.63, 3.8) is 0 Å². The number of hydrogen-bond acceptors (Lipinski definition) is 5. The lowest BCUT2D eigenvalue weighted by atomic mass is 10.0. The van der Waals surface area contributed by atoms with E-state index in [1.165, 1.54) is 5.56 Å². The third kappa shape index (κ3) is 3.20. The van der Waals surface area contributed by atoms with Crippen molar-refractivity contribution >= 4 is 10.0 Å². The Morgan fingerprint density at radius 2 is 1.96 bits per heavy atom. The maximum atomic E-state index is 12.7. The first-order chi connectivity index (χ1) is 11.1. The van der Waals surface area contributed by atoms with Gasteiger partial charge < -0.3 is 9.15 Å². The van der Waals surface area contributed by atoms with E-state index in [0.29, 0.717) is 13.2 Å². The molecule has 0 unspecified atom stereocenters. The van der Waals surface area contributed by atoms with Crippen molar-refractivity contribution in [2.24, 2.45) is 0 Å². The molecular formula is C16H24N2O4S. The van der Waals surface area contributed by atoms with E-state index in [0.717, 1.165) is 45.3 Å². The normalized spacial score (nSPS) is 30.8. The molecule has 4 rings (SSSR count). The summed E-state index contributed by atoms with van der Waals surface area (Å²) in [5, 5.41) is -0.133. The van der Waals surface area contributed by atoms with Crippen LogP contribution in [0, 0.1) is 0 Å². The molecule has 3 fully saturated rings. The Morgan fingerprint density at radius 1 is 1.13 bits per heavy atom. The van der Waals surface area contributed by atoms with Crippen molar-refractivity contribution in [2.75, 3.05) is 26.2 Å². The first kappa shape index (κ1) is 15.6. The summed E-state index contributed by atoms with van der Waals surface area (Å²) in [6.07, 6.45) is 6.88. The third-order valence-electron chi connectivity index (χ3n) is 5.17. The molecule has 1 aromatic heterocycles. The molecule has 0 amide bonds. The summed E-state index contributed by atoms with van der Waals surface area (Å²) in [7, 11) is -3.12. The number of ether oxygens (including phenoxy) is 1. The fourth-order valence-corrected chi connectivity index (χ4v) is 5.83. The Morgan fingerprint density at radius 3 is 2.70 bits per heavy atom. The molecule has 0 aromatic carbocycles. The van der Waals surface area contributed by atoms with Crippen molar-refractivity contribution in [3.05, 3.63) is 24.2 Å². The Balaban J connectivity index is 1.46. The van der Waals surface area contributed by atoms with Gasteiger partial charge in [-0.25, -0.2) is 8.42 Å². The molecule has 0 bridgehead atoms. The zero-order chi connectivity index (χ0) is 15.9. The predicted octanol–water partition coefficient (Wildman–Crippen LogP) is 1.44. The number of morpholine rings is 1. The van der Waals surface area contributed by atoms with E-state index >= 15 is 0 Å². The number of hydrogen-bond donors (Lipinski definition) is 0. The minimum atomic E-state index is -3.12. The fourth-order valence-electron chi connectivity index (χ4n) is 3.77. The highest BCUT2D eigenvalue weighted by Crippen LogP contribution is 2.35. The largest absolute Gasteiger partial charge is 0.472 e. The van der Waals surface area contributed by atoms with Gasteiger partial charge in [0.1, 0.15) is 0 Å². The minimum Gasteiger partial charge on any atom is -0.472 e. The second-order valence-electron chi connectivity index (χ2n) is 6.82. The number of furan rings is 1. The molecule has 1 aliphatic carbocycles. The van der Waals surface area contributed by atoms with Crippen LogP contribution in [-0.4, -0.2) is 61.3 Å². The first-order valence-corrected chi connectivity index (χ1v) is 10.0. The third-order valence-corrected chi connectivity index (χ3v) is 7.59. The van der Waals surface area contributed by atoms with Gasteiger partial charge in [0, 0.05) is 31.7 Å². The molecule has 0 radical (unpaired) electrons. The molecule has 1 saturated carbocycles. The second kappa shape index (κ2) is 6.20. The van der Waals surface area contributed by atoms with Crippen LogP contribution < -0.4 is 0 Å². The Kier molecular flexibility index (Phi) is 4.21. The quantitative estimate of drug-likeness (QED) is 0.830. The number of likely N-dealkylation sites (tertiary alicyclic amines) is 1. The first-order valence-electron chi connectivity index (χ1n) is 8.50. The SMILES string of the molecule is O=S(=O)(C1CC1)N1CCO[C@@H]2CCN(Cc3ccoc3)CC[C@@H]21. The number of rotatable bonds is 4. The predicted molar refractivity (Wildman–Crippen MR) is 85.4 cm³/mol. The van der Waals surface area contributed by atoms with Gasteiger partial charge in [0.05, 0.1) is 36.5 Å². The monoisotopic (exact) mass is 340 g/mol. The van der Waals surface area contributed by atoms with Crippen molar-refractivity contribution in [1.82, 2.24) is 9.21 Å². The van der Waals surface area contributed by atoms with Crippen LogP contribution in [0.2, 0.25) is 0 Å². The van der Waals surface area contributed by atoms with Crippen LogP contribution in [0.4, 0.5) is 0 Å². The zero-order valence-electron chi connectivity index (χ0n) is 13.3. The molecule has 2 aliphatic heterocycles. The van der Waals surface area contributed by atoms with Crippen molar-refractivity contribution in [2.45, 2.75) is 49.6 Å². The Bertz CT molecular complexity index is 627. The zero-order valence-corrected chi connectivity index (χ0v) is 14.1. The highest BCUT2D eigenvalue weighted by molar-refractivity contribution is 7.90. The van der Waals surface area contributed by atoms with E-state index in [1.54, 1.807) is 16.8 Å². The maximum Gasteiger partial charge on any atom is 0.217 e. The van der Waals surface area contributed by atoms with Crippen LogP contribution >= 0.6 is 0 Å². The molecule has 0 spiro atoms. The van der Waals surface area contributed by atoms with Gasteiger partial charge in [-0.3, -0.25) is 4.90 Å². The summed E-state index contributed by atoms with van der Waals surface area (Å²) >= 11 is 0. The van der Waals surface area contributed by atoms with Gasteiger partial charge in [-0.15, -0.1) is 0 Å². The molecule has 2 atom stereocenters. The summed E-state index contributed by atoms with van der Waals surface area (Å²) in [5.74, 6) is 0. The topological polar surface area (TPSA) is 63.0 Å². The Labute approximate surface area is 137 Å². The number of fused-ring (bicyclic) bond motifs is 1. The molecule has 128 valence electrons. The average Bonchev–Trinajstić information content (AvgIpc) is 3.32. The van der Waals surface area contributed by atoms with Crippen LogP contribution in [0.1, 0.15) is 31.2 Å². The molecule has 6 nitrogen and oxygen atoms in total. The van der Waals surface area contributed by atoms with Crippen molar-refractivity contribution in [3.8, 4) is 0 Å². The van der Waals surface area contributed by atoms with E-state index in [9.17, 15) is 8.42 Å². The van der Waals surface area contributed by atoms with Gasteiger partial charge >= 0.3 is 0 Å². The molecule has 23 heavy (non-hydrogen) atoms. The molecule has 2 saturated heterocycles. The van der Waals surface area contributed by atoms with Crippen LogP contribution in [0.15, 0.2) is 23.0 Å². The van der Waals surface area contributed by atoms with Gasteiger partial charge in [0.2, 0.25) is 10.0 Å². The van der Waals surface area contributed by atoms with E-state index in [-0.39, 0.29) is 17.4 Å². The smallest absolute Gasteiger partial charge is 0.217 e. The van der Waals surface area contributed by atoms with E-state index < -0.39 is 10.0 Å². The standard InChI is InChI=1S/C16H24N2O4S/c19-23(20,14-1-2-14)18-8-10-22-16-4-7-17(6-3-15(16)18)11-13-5-9-21-12-13/h5,9,12,14-16H,1-4,6-8,10-11H2/t15-,16+/m0/s1. The van der Waals surface area contributed by atoms with E-state index in [2.05, 4.69) is 4.90 Å². The molecule has 3 heterocycles. The van der Waals surface area contributed by atoms with Gasteiger partial charge in [0.15, 0.2) is 0 Å². The van der Waals surface area contributed by atoms with Gasteiger partial charge in [-0.2, -0.15) is 4.31 Å². The summed E-state index contributed by atoms with van der Waals surface area (Å²) in [4.78, 5) is 2.37. The number of nitrogens with zero attached hydrogens (tertiary/aromatic N) is 2. The summed E-state index contributed by atoms with van der Waals surface area (Å²) in [6.45, 7) is 3.72. The molecular weight excluding hydrogens is 316 g/mol. The molecule has 0 N–H and O–H groups in total.